The van der Waals surface area contributed by atoms with E-state index in [1.807, 2.05) is 31.2 Å². The molecule has 0 bridgehead atoms. The highest BCUT2D eigenvalue weighted by molar-refractivity contribution is 7.80. The molecule has 24 heavy (non-hydrogen) atoms. The molecular weight excluding hydrogens is 326 g/mol. The smallest absolute Gasteiger partial charge is 0.191 e. The Kier molecular flexibility index (Phi) is 6.39. The number of benzene rings is 2. The number of hydrogen-bond acceptors (Lipinski definition) is 5. The number of anilines is 1. The first-order valence-corrected chi connectivity index (χ1v) is 7.73. The van der Waals surface area contributed by atoms with Crippen LogP contribution in [0.2, 0.25) is 0 Å². The van der Waals surface area contributed by atoms with Gasteiger partial charge in [-0.15, -0.1) is 0 Å². The van der Waals surface area contributed by atoms with Crippen LogP contribution in [0.4, 0.5) is 5.69 Å². The average Bonchev–Trinajstić information content (AvgIpc) is 2.58. The predicted molar refractivity (Wildman–Crippen MR) is 99.2 cm³/mol. The van der Waals surface area contributed by atoms with Crippen molar-refractivity contribution < 1.29 is 14.6 Å². The van der Waals surface area contributed by atoms with Gasteiger partial charge in [0.1, 0.15) is 5.75 Å². The Labute approximate surface area is 146 Å². The highest BCUT2D eigenvalue weighted by atomic mass is 32.1. The number of rotatable bonds is 6. The summed E-state index contributed by atoms with van der Waals surface area (Å²) in [5, 5.41) is 17.4. The first kappa shape index (κ1) is 17.6. The maximum Gasteiger partial charge on any atom is 0.191 e. The Morgan fingerprint density at radius 2 is 2.08 bits per heavy atom. The van der Waals surface area contributed by atoms with Gasteiger partial charge in [-0.1, -0.05) is 12.1 Å². The van der Waals surface area contributed by atoms with Crippen LogP contribution in [0.1, 0.15) is 12.5 Å². The van der Waals surface area contributed by atoms with Crippen LogP contribution >= 0.6 is 12.2 Å². The van der Waals surface area contributed by atoms with Crippen molar-refractivity contribution in [3.8, 4) is 17.2 Å². The molecule has 0 heterocycles. The Hall–Kier alpha value is -2.80. The number of phenolic OH excluding ortho intramolecular Hbond substituents is 1. The van der Waals surface area contributed by atoms with Crippen LogP contribution in [-0.2, 0) is 0 Å². The highest BCUT2D eigenvalue weighted by Gasteiger charge is 2.05. The van der Waals surface area contributed by atoms with Gasteiger partial charge >= 0.3 is 0 Å². The van der Waals surface area contributed by atoms with Gasteiger partial charge in [-0.05, 0) is 43.4 Å². The summed E-state index contributed by atoms with van der Waals surface area (Å²) in [6, 6.07) is 12.6. The van der Waals surface area contributed by atoms with Crippen LogP contribution in [0.25, 0.3) is 0 Å². The lowest BCUT2D eigenvalue weighted by Gasteiger charge is -2.09. The molecule has 7 heteroatoms. The van der Waals surface area contributed by atoms with E-state index >= 15 is 0 Å². The van der Waals surface area contributed by atoms with E-state index in [0.717, 1.165) is 11.4 Å². The van der Waals surface area contributed by atoms with Gasteiger partial charge < -0.3 is 19.9 Å². The van der Waals surface area contributed by atoms with Gasteiger partial charge in [0.05, 0.1) is 19.9 Å². The number of para-hydroxylation sites is 1. The largest absolute Gasteiger partial charge is 0.504 e. The van der Waals surface area contributed by atoms with Gasteiger partial charge in [0.25, 0.3) is 0 Å². The van der Waals surface area contributed by atoms with E-state index in [1.54, 1.807) is 25.3 Å². The lowest BCUT2D eigenvalue weighted by molar-refractivity contribution is 0.318. The summed E-state index contributed by atoms with van der Waals surface area (Å²) < 4.78 is 10.5. The SMILES string of the molecule is CCOc1cccc(/C=N/NC(=S)Nc2cccc(OC)c2)c1O. The molecule has 2 aromatic carbocycles. The Morgan fingerprint density at radius 3 is 2.83 bits per heavy atom. The van der Waals surface area contributed by atoms with E-state index < -0.39 is 0 Å². The number of ether oxygens (including phenoxy) is 2. The first-order chi connectivity index (χ1) is 11.6. The lowest BCUT2D eigenvalue weighted by Crippen LogP contribution is -2.23. The number of phenols is 1. The molecule has 0 saturated carbocycles. The maximum atomic E-state index is 10.1. The third-order valence-corrected chi connectivity index (χ3v) is 3.22. The number of nitrogens with one attached hydrogen (secondary N) is 2. The minimum Gasteiger partial charge on any atom is -0.504 e. The molecule has 0 aliphatic heterocycles. The highest BCUT2D eigenvalue weighted by Crippen LogP contribution is 2.28. The molecule has 0 radical (unpaired) electrons. The Morgan fingerprint density at radius 1 is 1.29 bits per heavy atom. The van der Waals surface area contributed by atoms with Gasteiger partial charge in [-0.25, -0.2) is 0 Å². The molecule has 3 N–H and O–H groups in total. The standard InChI is InChI=1S/C17H19N3O3S/c1-3-23-15-9-4-6-12(16(15)21)11-18-20-17(24)19-13-7-5-8-14(10-13)22-2/h4-11,21H,3H2,1-2H3,(H2,19,20,24)/b18-11+. The average molecular weight is 345 g/mol. The molecule has 0 aromatic heterocycles. The Balaban J connectivity index is 1.96. The first-order valence-electron chi connectivity index (χ1n) is 7.33. The summed E-state index contributed by atoms with van der Waals surface area (Å²) in [4.78, 5) is 0. The second-order valence-electron chi connectivity index (χ2n) is 4.68. The minimum atomic E-state index is 0.0385. The van der Waals surface area contributed by atoms with Crippen molar-refractivity contribution in [3.63, 3.8) is 0 Å². The van der Waals surface area contributed by atoms with Crippen molar-refractivity contribution in [2.45, 2.75) is 6.92 Å². The van der Waals surface area contributed by atoms with Crippen LogP contribution in [0.5, 0.6) is 17.2 Å². The number of hydrogen-bond donors (Lipinski definition) is 3. The molecule has 0 saturated heterocycles. The van der Waals surface area contributed by atoms with E-state index in [1.165, 1.54) is 6.21 Å². The van der Waals surface area contributed by atoms with Gasteiger partial charge in [-0.3, -0.25) is 5.43 Å². The molecule has 0 fully saturated rings. The summed E-state index contributed by atoms with van der Waals surface area (Å²) >= 11 is 5.17. The summed E-state index contributed by atoms with van der Waals surface area (Å²) in [5.74, 6) is 1.18. The lowest BCUT2D eigenvalue weighted by atomic mass is 10.2. The summed E-state index contributed by atoms with van der Waals surface area (Å²) in [6.45, 7) is 2.32. The fraction of sp³-hybridized carbons (Fsp3) is 0.176. The van der Waals surface area contributed by atoms with Crippen molar-refractivity contribution in [2.24, 2.45) is 5.10 Å². The molecule has 0 aliphatic carbocycles. The van der Waals surface area contributed by atoms with E-state index in [2.05, 4.69) is 15.8 Å². The molecule has 0 atom stereocenters. The summed E-state index contributed by atoms with van der Waals surface area (Å²) in [6.07, 6.45) is 1.47. The monoisotopic (exact) mass is 345 g/mol. The van der Waals surface area contributed by atoms with E-state index in [-0.39, 0.29) is 5.75 Å². The zero-order valence-corrected chi connectivity index (χ0v) is 14.3. The Bertz CT molecular complexity index is 735. The summed E-state index contributed by atoms with van der Waals surface area (Å²) in [5.41, 5.74) is 4.00. The van der Waals surface area contributed by atoms with Crippen LogP contribution in [0.3, 0.4) is 0 Å². The number of methoxy groups -OCH3 is 1. The van der Waals surface area contributed by atoms with Crippen molar-refractivity contribution in [3.05, 3.63) is 48.0 Å². The fourth-order valence-electron chi connectivity index (χ4n) is 1.94. The van der Waals surface area contributed by atoms with Crippen LogP contribution in [0.15, 0.2) is 47.6 Å². The second kappa shape index (κ2) is 8.73. The van der Waals surface area contributed by atoms with E-state index in [0.29, 0.717) is 23.0 Å². The van der Waals surface area contributed by atoms with E-state index in [4.69, 9.17) is 21.7 Å². The quantitative estimate of drug-likeness (QED) is 0.424. The molecule has 0 amide bonds. The number of nitrogens with zero attached hydrogens (tertiary/aromatic N) is 1. The molecule has 0 aliphatic rings. The van der Waals surface area contributed by atoms with Crippen molar-refractivity contribution in [2.75, 3.05) is 19.0 Å². The van der Waals surface area contributed by atoms with Gasteiger partial charge in [0, 0.05) is 17.3 Å². The number of thiocarbonyl (C=S) groups is 1. The van der Waals surface area contributed by atoms with Gasteiger partial charge in [-0.2, -0.15) is 5.10 Å². The van der Waals surface area contributed by atoms with Gasteiger partial charge in [0.2, 0.25) is 0 Å². The van der Waals surface area contributed by atoms with Crippen LogP contribution < -0.4 is 20.2 Å². The minimum absolute atomic E-state index is 0.0385. The van der Waals surface area contributed by atoms with E-state index in [9.17, 15) is 5.11 Å². The van der Waals surface area contributed by atoms with Crippen LogP contribution in [-0.4, -0.2) is 30.2 Å². The van der Waals surface area contributed by atoms with Crippen molar-refractivity contribution >= 4 is 29.2 Å². The molecule has 2 rings (SSSR count). The molecule has 0 spiro atoms. The summed E-state index contributed by atoms with van der Waals surface area (Å²) in [7, 11) is 1.60. The fourth-order valence-corrected chi connectivity index (χ4v) is 2.11. The molecule has 0 unspecified atom stereocenters. The second-order valence-corrected chi connectivity index (χ2v) is 5.09. The van der Waals surface area contributed by atoms with Crippen molar-refractivity contribution in [1.82, 2.24) is 5.43 Å². The maximum absolute atomic E-state index is 10.1. The molecular formula is C17H19N3O3S. The molecule has 6 nitrogen and oxygen atoms in total. The number of aromatic hydroxyl groups is 1. The molecule has 126 valence electrons. The normalized spacial score (nSPS) is 10.4. The predicted octanol–water partition coefficient (Wildman–Crippen LogP) is 3.12. The zero-order valence-electron chi connectivity index (χ0n) is 13.4. The van der Waals surface area contributed by atoms with Crippen LogP contribution in [0, 0.1) is 0 Å². The van der Waals surface area contributed by atoms with Gasteiger partial charge in [0.15, 0.2) is 16.6 Å². The molecule has 2 aromatic rings. The topological polar surface area (TPSA) is 75.1 Å². The third kappa shape index (κ3) is 4.85. The zero-order chi connectivity index (χ0) is 17.4. The third-order valence-electron chi connectivity index (χ3n) is 3.03. The van der Waals surface area contributed by atoms with Crippen molar-refractivity contribution in [1.29, 1.82) is 0 Å². The number of hydrazone groups is 1.